The molecule has 0 saturated heterocycles. The van der Waals surface area contributed by atoms with Crippen LogP contribution in [0.2, 0.25) is 0 Å². The van der Waals surface area contributed by atoms with Crippen molar-refractivity contribution >= 4 is 23.0 Å². The van der Waals surface area contributed by atoms with E-state index in [9.17, 15) is 10.2 Å². The van der Waals surface area contributed by atoms with Gasteiger partial charge in [0.1, 0.15) is 11.5 Å². The van der Waals surface area contributed by atoms with Crippen LogP contribution in [0.15, 0.2) is 54.6 Å². The first-order valence-corrected chi connectivity index (χ1v) is 8.15. The number of aryl methyl sites for hydroxylation is 1. The van der Waals surface area contributed by atoms with Gasteiger partial charge in [-0.25, -0.2) is 0 Å². The van der Waals surface area contributed by atoms with E-state index < -0.39 is 0 Å². The lowest BCUT2D eigenvalue weighted by Gasteiger charge is -2.12. The molecule has 0 bridgehead atoms. The van der Waals surface area contributed by atoms with E-state index in [1.54, 1.807) is 10.6 Å². The molecule has 0 atom stereocenters. The number of nitrogens with one attached hydrogen (secondary N) is 1. The summed E-state index contributed by atoms with van der Waals surface area (Å²) in [7, 11) is 0. The van der Waals surface area contributed by atoms with Crippen LogP contribution < -0.4 is 0 Å². The van der Waals surface area contributed by atoms with Gasteiger partial charge in [0.15, 0.2) is 10.6 Å². The van der Waals surface area contributed by atoms with Gasteiger partial charge in [-0.1, -0.05) is 30.3 Å². The normalized spacial score (nSPS) is 11.1. The molecule has 1 heterocycles. The first-order chi connectivity index (χ1) is 12.1. The molecular formula is C19H15N3O2S. The van der Waals surface area contributed by atoms with Crippen LogP contribution in [0, 0.1) is 11.7 Å². The number of fused-ring (bicyclic) bond motifs is 1. The second-order valence-electron chi connectivity index (χ2n) is 5.84. The van der Waals surface area contributed by atoms with Gasteiger partial charge >= 0.3 is 0 Å². The number of nitrogens with zero attached hydrogens (tertiary/aromatic N) is 2. The lowest BCUT2D eigenvalue weighted by atomic mass is 10.0. The zero-order chi connectivity index (χ0) is 17.6. The molecule has 4 aromatic rings. The topological polar surface area (TPSA) is 74.1 Å². The fourth-order valence-corrected chi connectivity index (χ4v) is 3.27. The minimum absolute atomic E-state index is 0.0114. The molecule has 0 saturated carbocycles. The minimum atomic E-state index is -0.0633. The fourth-order valence-electron chi connectivity index (χ4n) is 3.04. The van der Waals surface area contributed by atoms with Gasteiger partial charge in [0, 0.05) is 11.5 Å². The maximum absolute atomic E-state index is 10.2. The third kappa shape index (κ3) is 2.47. The second-order valence-corrected chi connectivity index (χ2v) is 6.22. The van der Waals surface area contributed by atoms with Crippen molar-refractivity contribution in [3.05, 3.63) is 64.9 Å². The summed E-state index contributed by atoms with van der Waals surface area (Å²) in [5, 5.41) is 29.0. The van der Waals surface area contributed by atoms with E-state index in [1.807, 2.05) is 30.3 Å². The van der Waals surface area contributed by atoms with Crippen molar-refractivity contribution in [1.29, 1.82) is 0 Å². The first-order valence-electron chi connectivity index (χ1n) is 7.75. The molecule has 0 unspecified atom stereocenters. The molecule has 0 aliphatic rings. The summed E-state index contributed by atoms with van der Waals surface area (Å²) in [6.45, 7) is 2.06. The fraction of sp³-hybridized carbons (Fsp3) is 0.0526. The standard InChI is InChI=1S/C19H15N3O2S/c1-11-6-9-16(14-5-3-2-4-13(11)14)22-18(20-21-19(22)25)15-8-7-12(23)10-17(15)24/h2-10,23-24H,1H3,(H,21,25). The predicted molar refractivity (Wildman–Crippen MR) is 99.8 cm³/mol. The summed E-state index contributed by atoms with van der Waals surface area (Å²) in [5.74, 6) is 0.408. The molecule has 3 N–H and O–H groups in total. The highest BCUT2D eigenvalue weighted by Crippen LogP contribution is 2.34. The van der Waals surface area contributed by atoms with Gasteiger partial charge in [0.2, 0.25) is 0 Å². The monoisotopic (exact) mass is 349 g/mol. The number of aromatic hydroxyl groups is 2. The smallest absolute Gasteiger partial charge is 0.200 e. The van der Waals surface area contributed by atoms with Gasteiger partial charge in [-0.3, -0.25) is 9.67 Å². The number of benzene rings is 3. The maximum atomic E-state index is 10.2. The molecule has 1 aromatic heterocycles. The van der Waals surface area contributed by atoms with Crippen molar-refractivity contribution in [3.8, 4) is 28.6 Å². The van der Waals surface area contributed by atoms with Crippen LogP contribution in [0.3, 0.4) is 0 Å². The van der Waals surface area contributed by atoms with Crippen molar-refractivity contribution in [2.75, 3.05) is 0 Å². The Morgan fingerprint density at radius 2 is 1.76 bits per heavy atom. The number of aromatic nitrogens is 3. The molecule has 25 heavy (non-hydrogen) atoms. The number of phenolic OH excluding ortho intramolecular Hbond substituents is 2. The largest absolute Gasteiger partial charge is 0.508 e. The number of H-pyrrole nitrogens is 1. The van der Waals surface area contributed by atoms with Gasteiger partial charge < -0.3 is 10.2 Å². The number of phenols is 2. The molecule has 0 fully saturated rings. The van der Waals surface area contributed by atoms with Crippen LogP contribution in [-0.2, 0) is 0 Å². The van der Waals surface area contributed by atoms with Crippen LogP contribution in [-0.4, -0.2) is 25.0 Å². The molecule has 5 nitrogen and oxygen atoms in total. The summed E-state index contributed by atoms with van der Waals surface area (Å²) in [4.78, 5) is 0. The van der Waals surface area contributed by atoms with Crippen molar-refractivity contribution in [2.24, 2.45) is 0 Å². The molecule has 6 heteroatoms. The van der Waals surface area contributed by atoms with Crippen molar-refractivity contribution in [3.63, 3.8) is 0 Å². The molecular weight excluding hydrogens is 334 g/mol. The van der Waals surface area contributed by atoms with Crippen molar-refractivity contribution in [2.45, 2.75) is 6.92 Å². The number of rotatable bonds is 2. The molecule has 3 aromatic carbocycles. The Labute approximate surface area is 148 Å². The third-order valence-corrected chi connectivity index (χ3v) is 4.53. The van der Waals surface area contributed by atoms with Gasteiger partial charge in [-0.05, 0) is 48.3 Å². The molecule has 124 valence electrons. The van der Waals surface area contributed by atoms with E-state index in [2.05, 4.69) is 23.2 Å². The van der Waals surface area contributed by atoms with E-state index in [4.69, 9.17) is 12.2 Å². The Morgan fingerprint density at radius 1 is 1.00 bits per heavy atom. The van der Waals surface area contributed by atoms with Gasteiger partial charge in [-0.2, -0.15) is 5.10 Å². The van der Waals surface area contributed by atoms with Crippen LogP contribution in [0.1, 0.15) is 5.56 Å². The van der Waals surface area contributed by atoms with Crippen molar-refractivity contribution < 1.29 is 10.2 Å². The average molecular weight is 349 g/mol. The van der Waals surface area contributed by atoms with Crippen LogP contribution in [0.5, 0.6) is 11.5 Å². The summed E-state index contributed by atoms with van der Waals surface area (Å²) in [6.07, 6.45) is 0. The lowest BCUT2D eigenvalue weighted by molar-refractivity contribution is 0.451. The SMILES string of the molecule is Cc1ccc(-n2c(-c3ccc(O)cc3O)n[nH]c2=S)c2ccccc12. The zero-order valence-corrected chi connectivity index (χ0v) is 14.2. The Morgan fingerprint density at radius 3 is 2.52 bits per heavy atom. The van der Waals surface area contributed by atoms with Crippen LogP contribution in [0.4, 0.5) is 0 Å². The number of aromatic amines is 1. The highest BCUT2D eigenvalue weighted by atomic mass is 32.1. The number of hydrogen-bond acceptors (Lipinski definition) is 4. The molecule has 0 spiro atoms. The maximum Gasteiger partial charge on any atom is 0.200 e. The van der Waals surface area contributed by atoms with E-state index in [0.29, 0.717) is 16.2 Å². The Balaban J connectivity index is 2.04. The van der Waals surface area contributed by atoms with Crippen molar-refractivity contribution in [1.82, 2.24) is 14.8 Å². The van der Waals surface area contributed by atoms with Crippen LogP contribution >= 0.6 is 12.2 Å². The van der Waals surface area contributed by atoms with E-state index >= 15 is 0 Å². The Kier molecular flexibility index (Phi) is 3.54. The highest BCUT2D eigenvalue weighted by Gasteiger charge is 2.16. The number of hydrogen-bond donors (Lipinski definition) is 3. The summed E-state index contributed by atoms with van der Waals surface area (Å²) in [5.41, 5.74) is 2.53. The summed E-state index contributed by atoms with van der Waals surface area (Å²) in [6, 6.07) is 16.5. The average Bonchev–Trinajstić information content (AvgIpc) is 2.97. The van der Waals surface area contributed by atoms with E-state index in [1.165, 1.54) is 17.7 Å². The minimum Gasteiger partial charge on any atom is -0.508 e. The third-order valence-electron chi connectivity index (χ3n) is 4.25. The lowest BCUT2D eigenvalue weighted by Crippen LogP contribution is -1.99. The van der Waals surface area contributed by atoms with Crippen LogP contribution in [0.25, 0.3) is 27.8 Å². The summed E-state index contributed by atoms with van der Waals surface area (Å²) < 4.78 is 2.22. The Hall–Kier alpha value is -3.12. The molecule has 4 rings (SSSR count). The summed E-state index contributed by atoms with van der Waals surface area (Å²) >= 11 is 5.43. The molecule has 0 aliphatic heterocycles. The van der Waals surface area contributed by atoms with Gasteiger partial charge in [-0.15, -0.1) is 0 Å². The second kappa shape index (κ2) is 5.75. The quantitative estimate of drug-likeness (QED) is 0.467. The zero-order valence-electron chi connectivity index (χ0n) is 13.4. The van der Waals surface area contributed by atoms with Gasteiger partial charge in [0.05, 0.1) is 11.3 Å². The molecule has 0 radical (unpaired) electrons. The van der Waals surface area contributed by atoms with Gasteiger partial charge in [0.25, 0.3) is 0 Å². The predicted octanol–water partition coefficient (Wildman–Crippen LogP) is 4.47. The molecule has 0 aliphatic carbocycles. The first kappa shape index (κ1) is 15.4. The highest BCUT2D eigenvalue weighted by molar-refractivity contribution is 7.71. The molecule has 0 amide bonds. The van der Waals surface area contributed by atoms with E-state index in [0.717, 1.165) is 16.5 Å². The Bertz CT molecular complexity index is 1160. The van der Waals surface area contributed by atoms with E-state index in [-0.39, 0.29) is 11.5 Å².